The van der Waals surface area contributed by atoms with E-state index in [1.807, 2.05) is 17.6 Å². The quantitative estimate of drug-likeness (QED) is 0.770. The second-order valence-corrected chi connectivity index (χ2v) is 5.95. The summed E-state index contributed by atoms with van der Waals surface area (Å²) in [6.45, 7) is 0. The van der Waals surface area contributed by atoms with E-state index in [9.17, 15) is 0 Å². The fourth-order valence-corrected chi connectivity index (χ4v) is 3.63. The van der Waals surface area contributed by atoms with Gasteiger partial charge in [-0.2, -0.15) is 0 Å². The van der Waals surface area contributed by atoms with Gasteiger partial charge in [0.2, 0.25) is 0 Å². The number of thiazole rings is 2. The summed E-state index contributed by atoms with van der Waals surface area (Å²) in [5.41, 5.74) is 6.53. The number of hydrogen-bond acceptors (Lipinski definition) is 6. The summed E-state index contributed by atoms with van der Waals surface area (Å²) >= 11 is 4.79. The van der Waals surface area contributed by atoms with E-state index >= 15 is 0 Å². The van der Waals surface area contributed by atoms with Crippen LogP contribution in [0.4, 0.5) is 5.13 Å². The van der Waals surface area contributed by atoms with Crippen molar-refractivity contribution in [1.82, 2.24) is 9.97 Å². The summed E-state index contributed by atoms with van der Waals surface area (Å²) in [6.07, 6.45) is 1.86. The molecule has 3 heterocycles. The number of anilines is 1. The van der Waals surface area contributed by atoms with Crippen LogP contribution in [0.3, 0.4) is 0 Å². The summed E-state index contributed by atoms with van der Waals surface area (Å²) in [5.74, 6) is 0. The third-order valence-electron chi connectivity index (χ3n) is 2.01. The molecule has 0 bridgehead atoms. The molecule has 0 spiro atoms. The Balaban J connectivity index is 2.00. The number of thiophene rings is 1. The number of nitrogen functional groups attached to an aromatic ring is 1. The molecule has 0 aliphatic rings. The Morgan fingerprint density at radius 3 is 2.81 bits per heavy atom. The van der Waals surface area contributed by atoms with E-state index in [1.54, 1.807) is 22.7 Å². The van der Waals surface area contributed by atoms with Crippen molar-refractivity contribution in [2.24, 2.45) is 0 Å². The van der Waals surface area contributed by atoms with Crippen LogP contribution in [0.2, 0.25) is 0 Å². The van der Waals surface area contributed by atoms with Gasteiger partial charge in [0.05, 0.1) is 15.4 Å². The molecule has 3 aromatic rings. The van der Waals surface area contributed by atoms with Crippen LogP contribution in [0, 0.1) is 0 Å². The largest absolute Gasteiger partial charge is 0.375 e. The SMILES string of the molecule is Nc1nc(-c2cnc(-c3cccs3)s2)cs1. The van der Waals surface area contributed by atoms with Crippen molar-refractivity contribution in [2.45, 2.75) is 0 Å². The molecule has 6 heteroatoms. The van der Waals surface area contributed by atoms with Crippen molar-refractivity contribution >= 4 is 39.1 Å². The lowest BCUT2D eigenvalue weighted by Crippen LogP contribution is -1.80. The third-order valence-corrected chi connectivity index (χ3v) is 4.74. The van der Waals surface area contributed by atoms with Gasteiger partial charge < -0.3 is 5.73 Å². The summed E-state index contributed by atoms with van der Waals surface area (Å²) in [5, 5.41) is 5.65. The van der Waals surface area contributed by atoms with Crippen molar-refractivity contribution < 1.29 is 0 Å². The molecule has 0 aliphatic heterocycles. The third kappa shape index (κ3) is 1.75. The average molecular weight is 265 g/mol. The van der Waals surface area contributed by atoms with E-state index < -0.39 is 0 Å². The highest BCUT2D eigenvalue weighted by Gasteiger charge is 2.09. The van der Waals surface area contributed by atoms with Crippen molar-refractivity contribution in [3.63, 3.8) is 0 Å². The number of aromatic nitrogens is 2. The molecule has 0 radical (unpaired) electrons. The van der Waals surface area contributed by atoms with Gasteiger partial charge in [0.1, 0.15) is 5.01 Å². The Morgan fingerprint density at radius 2 is 2.12 bits per heavy atom. The van der Waals surface area contributed by atoms with Gasteiger partial charge in [-0.3, -0.25) is 0 Å². The first-order chi connectivity index (χ1) is 7.83. The average Bonchev–Trinajstić information content (AvgIpc) is 2.97. The molecular formula is C10H7N3S3. The maximum atomic E-state index is 5.61. The lowest BCUT2D eigenvalue weighted by molar-refractivity contribution is 1.39. The van der Waals surface area contributed by atoms with Gasteiger partial charge >= 0.3 is 0 Å². The van der Waals surface area contributed by atoms with E-state index in [1.165, 1.54) is 16.2 Å². The Morgan fingerprint density at radius 1 is 1.19 bits per heavy atom. The molecule has 0 fully saturated rings. The van der Waals surface area contributed by atoms with Gasteiger partial charge in [0, 0.05) is 11.6 Å². The van der Waals surface area contributed by atoms with E-state index in [-0.39, 0.29) is 0 Å². The number of hydrogen-bond donors (Lipinski definition) is 1. The zero-order valence-electron chi connectivity index (χ0n) is 8.08. The van der Waals surface area contributed by atoms with Crippen LogP contribution in [0.25, 0.3) is 20.5 Å². The monoisotopic (exact) mass is 265 g/mol. The highest BCUT2D eigenvalue weighted by atomic mass is 32.1. The summed E-state index contributed by atoms with van der Waals surface area (Å²) in [4.78, 5) is 10.9. The van der Waals surface area contributed by atoms with Gasteiger partial charge in [0.15, 0.2) is 5.13 Å². The minimum Gasteiger partial charge on any atom is -0.375 e. The van der Waals surface area contributed by atoms with Gasteiger partial charge in [-0.15, -0.1) is 34.0 Å². The summed E-state index contributed by atoms with van der Waals surface area (Å²) < 4.78 is 0. The smallest absolute Gasteiger partial charge is 0.180 e. The maximum Gasteiger partial charge on any atom is 0.180 e. The molecule has 0 atom stereocenters. The first-order valence-corrected chi connectivity index (χ1v) is 7.11. The molecule has 0 aromatic carbocycles. The normalized spacial score (nSPS) is 10.8. The number of rotatable bonds is 2. The molecule has 80 valence electrons. The zero-order valence-corrected chi connectivity index (χ0v) is 10.5. The van der Waals surface area contributed by atoms with Crippen molar-refractivity contribution in [3.8, 4) is 20.5 Å². The van der Waals surface area contributed by atoms with E-state index in [2.05, 4.69) is 21.4 Å². The Hall–Kier alpha value is -1.24. The molecule has 0 saturated carbocycles. The highest BCUT2D eigenvalue weighted by molar-refractivity contribution is 7.23. The second kappa shape index (κ2) is 3.97. The first kappa shape index (κ1) is 9.95. The minimum atomic E-state index is 0.598. The van der Waals surface area contributed by atoms with Crippen molar-refractivity contribution in [2.75, 3.05) is 5.73 Å². The number of nitrogens with two attached hydrogens (primary N) is 1. The standard InChI is InChI=1S/C10H7N3S3/c11-10-13-6(5-15-10)8-4-12-9(16-8)7-2-1-3-14-7/h1-5H,(H2,11,13). The molecule has 3 aromatic heterocycles. The Bertz CT molecular complexity index is 594. The molecule has 0 unspecified atom stereocenters. The van der Waals surface area contributed by atoms with E-state index in [0.29, 0.717) is 5.13 Å². The van der Waals surface area contributed by atoms with E-state index in [4.69, 9.17) is 5.73 Å². The van der Waals surface area contributed by atoms with Crippen LogP contribution in [-0.2, 0) is 0 Å². The molecule has 16 heavy (non-hydrogen) atoms. The highest BCUT2D eigenvalue weighted by Crippen LogP contribution is 2.34. The first-order valence-electron chi connectivity index (χ1n) is 4.54. The van der Waals surface area contributed by atoms with Gasteiger partial charge in [-0.05, 0) is 11.4 Å². The van der Waals surface area contributed by atoms with Crippen molar-refractivity contribution in [1.29, 1.82) is 0 Å². The predicted octanol–water partition coefficient (Wildman–Crippen LogP) is 3.58. The van der Waals surface area contributed by atoms with Crippen LogP contribution < -0.4 is 5.73 Å². The Kier molecular flexibility index (Phi) is 2.47. The maximum absolute atomic E-state index is 5.61. The molecule has 3 nitrogen and oxygen atoms in total. The molecule has 3 rings (SSSR count). The fraction of sp³-hybridized carbons (Fsp3) is 0. The molecule has 0 aliphatic carbocycles. The lowest BCUT2D eigenvalue weighted by atomic mass is 10.4. The fourth-order valence-electron chi connectivity index (χ4n) is 1.31. The van der Waals surface area contributed by atoms with Crippen LogP contribution in [-0.4, -0.2) is 9.97 Å². The second-order valence-electron chi connectivity index (χ2n) is 3.08. The molecule has 0 saturated heterocycles. The topological polar surface area (TPSA) is 51.8 Å². The van der Waals surface area contributed by atoms with Crippen LogP contribution in [0.5, 0.6) is 0 Å². The number of nitrogens with zero attached hydrogens (tertiary/aromatic N) is 2. The minimum absolute atomic E-state index is 0.598. The Labute approximate surface area is 104 Å². The summed E-state index contributed by atoms with van der Waals surface area (Å²) in [7, 11) is 0. The van der Waals surface area contributed by atoms with Gasteiger partial charge in [0.25, 0.3) is 0 Å². The van der Waals surface area contributed by atoms with Crippen molar-refractivity contribution in [3.05, 3.63) is 29.1 Å². The molecule has 0 amide bonds. The lowest BCUT2D eigenvalue weighted by Gasteiger charge is -1.87. The van der Waals surface area contributed by atoms with Crippen LogP contribution in [0.15, 0.2) is 29.1 Å². The predicted molar refractivity (Wildman–Crippen MR) is 70.9 cm³/mol. The summed E-state index contributed by atoms with van der Waals surface area (Å²) in [6, 6.07) is 4.10. The van der Waals surface area contributed by atoms with Crippen LogP contribution >= 0.6 is 34.0 Å². The molecular weight excluding hydrogens is 258 g/mol. The van der Waals surface area contributed by atoms with Gasteiger partial charge in [-0.25, -0.2) is 9.97 Å². The van der Waals surface area contributed by atoms with E-state index in [0.717, 1.165) is 15.6 Å². The molecule has 2 N–H and O–H groups in total. The zero-order chi connectivity index (χ0) is 11.0. The van der Waals surface area contributed by atoms with Gasteiger partial charge in [-0.1, -0.05) is 6.07 Å². The van der Waals surface area contributed by atoms with Crippen LogP contribution in [0.1, 0.15) is 0 Å².